The van der Waals surface area contributed by atoms with Gasteiger partial charge in [0.15, 0.2) is 0 Å². The highest BCUT2D eigenvalue weighted by molar-refractivity contribution is 5.01. The van der Waals surface area contributed by atoms with E-state index in [2.05, 4.69) is 56.2 Å². The Bertz CT molecular complexity index is 540. The summed E-state index contributed by atoms with van der Waals surface area (Å²) < 4.78 is 0. The normalized spacial score (nSPS) is 29.4. The van der Waals surface area contributed by atoms with Gasteiger partial charge in [-0.25, -0.2) is 0 Å². The lowest BCUT2D eigenvalue weighted by molar-refractivity contribution is -0.0671. The lowest BCUT2D eigenvalue weighted by atomic mass is 9.51. The van der Waals surface area contributed by atoms with Crippen molar-refractivity contribution >= 4 is 0 Å². The van der Waals surface area contributed by atoms with E-state index < -0.39 is 0 Å². The molecule has 4 fully saturated rings. The standard InChI is InChI=1S/C27H51N3/c1-25(2,3)23-19-27(20-23)11-17-29(18-12-27)24-9-13-28(14-10-24)21-22-7-15-30(16-8-22)26(4,5)6/h22-24H,7-21H2,1-6H3. The van der Waals surface area contributed by atoms with Crippen LogP contribution >= 0.6 is 0 Å². The van der Waals surface area contributed by atoms with Crippen LogP contribution < -0.4 is 0 Å². The first-order valence-electron chi connectivity index (χ1n) is 13.3. The highest BCUT2D eigenvalue weighted by Crippen LogP contribution is 2.58. The van der Waals surface area contributed by atoms with E-state index in [0.717, 1.165) is 23.3 Å². The second-order valence-electron chi connectivity index (χ2n) is 13.6. The molecule has 3 heterocycles. The molecule has 0 N–H and O–H groups in total. The van der Waals surface area contributed by atoms with Gasteiger partial charge in [0.25, 0.3) is 0 Å². The largest absolute Gasteiger partial charge is 0.303 e. The van der Waals surface area contributed by atoms with Crippen LogP contribution in [0.2, 0.25) is 0 Å². The van der Waals surface area contributed by atoms with Gasteiger partial charge in [0.2, 0.25) is 0 Å². The SMILES string of the molecule is CC(C)(C)C1CC2(CCN(C3CCN(CC4CCN(C(C)(C)C)CC4)CC3)CC2)C1. The maximum absolute atomic E-state index is 2.88. The molecule has 174 valence electrons. The van der Waals surface area contributed by atoms with E-state index in [1.165, 1.54) is 97.2 Å². The Morgan fingerprint density at radius 3 is 1.80 bits per heavy atom. The molecule has 0 aromatic carbocycles. The third kappa shape index (κ3) is 5.26. The van der Waals surface area contributed by atoms with Crippen molar-refractivity contribution < 1.29 is 0 Å². The minimum Gasteiger partial charge on any atom is -0.303 e. The van der Waals surface area contributed by atoms with Crippen LogP contribution in [0.4, 0.5) is 0 Å². The van der Waals surface area contributed by atoms with E-state index >= 15 is 0 Å². The van der Waals surface area contributed by atoms with Crippen molar-refractivity contribution in [1.82, 2.24) is 14.7 Å². The average Bonchev–Trinajstić information content (AvgIpc) is 2.66. The number of rotatable bonds is 3. The zero-order valence-corrected chi connectivity index (χ0v) is 21.2. The molecule has 4 aliphatic rings. The van der Waals surface area contributed by atoms with Crippen molar-refractivity contribution in [3.63, 3.8) is 0 Å². The molecule has 1 aliphatic carbocycles. The van der Waals surface area contributed by atoms with Crippen LogP contribution in [0.5, 0.6) is 0 Å². The summed E-state index contributed by atoms with van der Waals surface area (Å²) in [4.78, 5) is 8.37. The van der Waals surface area contributed by atoms with Crippen LogP contribution in [-0.4, -0.2) is 72.1 Å². The fourth-order valence-corrected chi connectivity index (χ4v) is 6.99. The highest BCUT2D eigenvalue weighted by Gasteiger charge is 2.49. The Morgan fingerprint density at radius 2 is 1.30 bits per heavy atom. The molecule has 0 amide bonds. The summed E-state index contributed by atoms with van der Waals surface area (Å²) in [7, 11) is 0. The Labute approximate surface area is 187 Å². The Hall–Kier alpha value is -0.120. The van der Waals surface area contributed by atoms with E-state index in [0.29, 0.717) is 11.0 Å². The maximum atomic E-state index is 2.88. The summed E-state index contributed by atoms with van der Waals surface area (Å²) in [5.41, 5.74) is 1.61. The summed E-state index contributed by atoms with van der Waals surface area (Å²) in [5.74, 6) is 1.91. The van der Waals surface area contributed by atoms with Gasteiger partial charge in [-0.2, -0.15) is 0 Å². The van der Waals surface area contributed by atoms with Crippen LogP contribution in [0.1, 0.15) is 92.9 Å². The number of likely N-dealkylation sites (tertiary alicyclic amines) is 3. The van der Waals surface area contributed by atoms with Crippen LogP contribution in [0, 0.1) is 22.7 Å². The zero-order valence-electron chi connectivity index (χ0n) is 21.2. The highest BCUT2D eigenvalue weighted by atomic mass is 15.2. The van der Waals surface area contributed by atoms with Gasteiger partial charge in [0.05, 0.1) is 0 Å². The van der Waals surface area contributed by atoms with Gasteiger partial charge < -0.3 is 9.80 Å². The second kappa shape index (κ2) is 8.67. The lowest BCUT2D eigenvalue weighted by Gasteiger charge is -2.57. The molecule has 1 spiro atoms. The Morgan fingerprint density at radius 1 is 0.733 bits per heavy atom. The number of piperidine rings is 3. The molecular formula is C27H51N3. The summed E-state index contributed by atoms with van der Waals surface area (Å²) in [6.07, 6.45) is 11.6. The van der Waals surface area contributed by atoms with E-state index in [1.807, 2.05) is 0 Å². The van der Waals surface area contributed by atoms with E-state index in [4.69, 9.17) is 0 Å². The van der Waals surface area contributed by atoms with Gasteiger partial charge in [-0.05, 0) is 134 Å². The summed E-state index contributed by atoms with van der Waals surface area (Å²) >= 11 is 0. The van der Waals surface area contributed by atoms with Gasteiger partial charge in [0.1, 0.15) is 0 Å². The first-order chi connectivity index (χ1) is 14.0. The minimum absolute atomic E-state index is 0.351. The van der Waals surface area contributed by atoms with Crippen molar-refractivity contribution in [2.24, 2.45) is 22.7 Å². The molecule has 3 saturated heterocycles. The monoisotopic (exact) mass is 417 g/mol. The Balaban J connectivity index is 1.14. The molecule has 30 heavy (non-hydrogen) atoms. The first kappa shape index (κ1) is 23.1. The van der Waals surface area contributed by atoms with Crippen molar-refractivity contribution in [3.8, 4) is 0 Å². The maximum Gasteiger partial charge on any atom is 0.0125 e. The van der Waals surface area contributed by atoms with E-state index in [1.54, 1.807) is 0 Å². The quantitative estimate of drug-likeness (QED) is 0.600. The van der Waals surface area contributed by atoms with Crippen LogP contribution in [-0.2, 0) is 0 Å². The summed E-state index contributed by atoms with van der Waals surface area (Å²) in [6.45, 7) is 23.9. The molecule has 0 unspecified atom stereocenters. The third-order valence-electron chi connectivity index (χ3n) is 9.60. The molecule has 3 nitrogen and oxygen atoms in total. The van der Waals surface area contributed by atoms with E-state index in [9.17, 15) is 0 Å². The van der Waals surface area contributed by atoms with Gasteiger partial charge in [0, 0.05) is 18.1 Å². The molecule has 3 heteroatoms. The molecule has 3 aliphatic heterocycles. The van der Waals surface area contributed by atoms with Crippen LogP contribution in [0.25, 0.3) is 0 Å². The Kier molecular flexibility index (Phi) is 6.66. The van der Waals surface area contributed by atoms with Crippen LogP contribution in [0.15, 0.2) is 0 Å². The lowest BCUT2D eigenvalue weighted by Crippen LogP contribution is -2.54. The van der Waals surface area contributed by atoms with Crippen molar-refractivity contribution in [2.45, 2.75) is 104 Å². The average molecular weight is 418 g/mol. The van der Waals surface area contributed by atoms with E-state index in [-0.39, 0.29) is 0 Å². The molecule has 0 bridgehead atoms. The second-order valence-corrected chi connectivity index (χ2v) is 13.6. The number of hydrogen-bond acceptors (Lipinski definition) is 3. The predicted molar refractivity (Wildman–Crippen MR) is 129 cm³/mol. The fourth-order valence-electron chi connectivity index (χ4n) is 6.99. The number of hydrogen-bond donors (Lipinski definition) is 0. The van der Waals surface area contributed by atoms with Crippen molar-refractivity contribution in [2.75, 3.05) is 45.8 Å². The number of nitrogens with zero attached hydrogens (tertiary/aromatic N) is 3. The molecule has 0 aromatic heterocycles. The van der Waals surface area contributed by atoms with Gasteiger partial charge >= 0.3 is 0 Å². The topological polar surface area (TPSA) is 9.72 Å². The van der Waals surface area contributed by atoms with Gasteiger partial charge in [-0.3, -0.25) is 4.90 Å². The molecule has 1 saturated carbocycles. The summed E-state index contributed by atoms with van der Waals surface area (Å²) in [5, 5.41) is 0. The third-order valence-corrected chi connectivity index (χ3v) is 9.60. The van der Waals surface area contributed by atoms with Gasteiger partial charge in [-0.15, -0.1) is 0 Å². The molecule has 0 radical (unpaired) electrons. The minimum atomic E-state index is 0.351. The summed E-state index contributed by atoms with van der Waals surface area (Å²) in [6, 6.07) is 0.875. The first-order valence-corrected chi connectivity index (χ1v) is 13.3. The van der Waals surface area contributed by atoms with Gasteiger partial charge in [-0.1, -0.05) is 20.8 Å². The predicted octanol–water partition coefficient (Wildman–Crippen LogP) is 5.50. The molecule has 4 rings (SSSR count). The van der Waals surface area contributed by atoms with Crippen LogP contribution in [0.3, 0.4) is 0 Å². The van der Waals surface area contributed by atoms with Crippen molar-refractivity contribution in [1.29, 1.82) is 0 Å². The zero-order chi connectivity index (χ0) is 21.6. The van der Waals surface area contributed by atoms with Crippen molar-refractivity contribution in [3.05, 3.63) is 0 Å². The smallest absolute Gasteiger partial charge is 0.0125 e. The molecule has 0 aromatic rings. The molecular weight excluding hydrogens is 366 g/mol. The molecule has 0 atom stereocenters. The fraction of sp³-hybridized carbons (Fsp3) is 1.00.